The van der Waals surface area contributed by atoms with E-state index in [4.69, 9.17) is 9.47 Å². The van der Waals surface area contributed by atoms with Crippen LogP contribution < -0.4 is 5.32 Å². The number of ether oxygens (including phenoxy) is 2. The zero-order valence-corrected chi connectivity index (χ0v) is 9.13. The van der Waals surface area contributed by atoms with E-state index in [1.807, 2.05) is 14.0 Å². The maximum Gasteiger partial charge on any atom is 0.333 e. The van der Waals surface area contributed by atoms with Gasteiger partial charge in [-0.05, 0) is 20.4 Å². The summed E-state index contributed by atoms with van der Waals surface area (Å²) in [5.41, 5.74) is 0.408. The summed E-state index contributed by atoms with van der Waals surface area (Å²) in [6.45, 7) is 7.77. The lowest BCUT2D eigenvalue weighted by Gasteiger charge is -2.14. The maximum absolute atomic E-state index is 10.9. The zero-order chi connectivity index (χ0) is 11.0. The van der Waals surface area contributed by atoms with E-state index in [0.29, 0.717) is 12.2 Å². The summed E-state index contributed by atoms with van der Waals surface area (Å²) in [5, 5.41) is 2.98. The molecule has 0 amide bonds. The second kappa shape index (κ2) is 7.53. The Morgan fingerprint density at radius 1 is 1.50 bits per heavy atom. The third-order valence-electron chi connectivity index (χ3n) is 1.68. The molecule has 0 aromatic heterocycles. The average molecular weight is 201 g/mol. The van der Waals surface area contributed by atoms with E-state index in [2.05, 4.69) is 11.9 Å². The van der Waals surface area contributed by atoms with Crippen LogP contribution in [-0.2, 0) is 14.3 Å². The van der Waals surface area contributed by atoms with Crippen LogP contribution in [0, 0.1) is 0 Å². The third kappa shape index (κ3) is 5.72. The van der Waals surface area contributed by atoms with Crippen molar-refractivity contribution < 1.29 is 14.3 Å². The molecule has 4 heteroatoms. The van der Waals surface area contributed by atoms with Crippen molar-refractivity contribution in [2.24, 2.45) is 0 Å². The van der Waals surface area contributed by atoms with Gasteiger partial charge in [-0.25, -0.2) is 4.79 Å². The van der Waals surface area contributed by atoms with Crippen LogP contribution in [0.5, 0.6) is 0 Å². The first-order valence-electron chi connectivity index (χ1n) is 4.73. The Balaban J connectivity index is 3.46. The first kappa shape index (κ1) is 13.1. The van der Waals surface area contributed by atoms with Crippen molar-refractivity contribution in [2.75, 3.05) is 20.3 Å². The minimum absolute atomic E-state index is 0.0264. The molecule has 0 aromatic rings. The predicted octanol–water partition coefficient (Wildman–Crippen LogP) is 1.08. The van der Waals surface area contributed by atoms with Crippen molar-refractivity contribution in [1.29, 1.82) is 0 Å². The summed E-state index contributed by atoms with van der Waals surface area (Å²) >= 11 is 0. The van der Waals surface area contributed by atoms with Crippen molar-refractivity contribution in [2.45, 2.75) is 26.5 Å². The average Bonchev–Trinajstić information content (AvgIpc) is 2.17. The van der Waals surface area contributed by atoms with Crippen LogP contribution in [0.25, 0.3) is 0 Å². The van der Waals surface area contributed by atoms with Crippen LogP contribution in [0.15, 0.2) is 12.2 Å². The number of esters is 1. The van der Waals surface area contributed by atoms with Gasteiger partial charge in [0.25, 0.3) is 0 Å². The fourth-order valence-electron chi connectivity index (χ4n) is 0.853. The highest BCUT2D eigenvalue weighted by molar-refractivity contribution is 5.86. The molecule has 0 spiro atoms. The molecule has 0 heterocycles. The maximum atomic E-state index is 10.9. The van der Waals surface area contributed by atoms with E-state index in [1.165, 1.54) is 0 Å². The summed E-state index contributed by atoms with van der Waals surface area (Å²) in [4.78, 5) is 10.9. The Kier molecular flexibility index (Phi) is 7.06. The fourth-order valence-corrected chi connectivity index (χ4v) is 0.853. The van der Waals surface area contributed by atoms with E-state index < -0.39 is 0 Å². The minimum Gasteiger partial charge on any atom is -0.460 e. The highest BCUT2D eigenvalue weighted by Crippen LogP contribution is 1.94. The smallest absolute Gasteiger partial charge is 0.333 e. The standard InChI is InChI=1S/C10H19NO3/c1-5-9(11-4)13-6-7-14-10(12)8(2)3/h9,11H,2,5-7H2,1,3-4H3. The van der Waals surface area contributed by atoms with Crippen molar-refractivity contribution >= 4 is 5.97 Å². The van der Waals surface area contributed by atoms with Crippen molar-refractivity contribution in [3.05, 3.63) is 12.2 Å². The molecule has 4 nitrogen and oxygen atoms in total. The van der Waals surface area contributed by atoms with Crippen LogP contribution in [-0.4, -0.2) is 32.5 Å². The second-order valence-electron chi connectivity index (χ2n) is 2.97. The summed E-state index contributed by atoms with van der Waals surface area (Å²) in [6, 6.07) is 0. The summed E-state index contributed by atoms with van der Waals surface area (Å²) in [5.74, 6) is -0.369. The molecule has 0 saturated heterocycles. The van der Waals surface area contributed by atoms with Gasteiger partial charge in [-0.15, -0.1) is 0 Å². The number of rotatable bonds is 7. The molecular weight excluding hydrogens is 182 g/mol. The van der Waals surface area contributed by atoms with E-state index in [1.54, 1.807) is 6.92 Å². The number of carbonyl (C=O) groups excluding carboxylic acids is 1. The van der Waals surface area contributed by atoms with Crippen LogP contribution in [0.2, 0.25) is 0 Å². The lowest BCUT2D eigenvalue weighted by molar-refractivity contribution is -0.141. The number of hydrogen-bond acceptors (Lipinski definition) is 4. The Morgan fingerprint density at radius 2 is 2.14 bits per heavy atom. The van der Waals surface area contributed by atoms with Gasteiger partial charge in [0, 0.05) is 5.57 Å². The monoisotopic (exact) mass is 201 g/mol. The zero-order valence-electron chi connectivity index (χ0n) is 9.13. The topological polar surface area (TPSA) is 47.6 Å². The van der Waals surface area contributed by atoms with E-state index in [-0.39, 0.29) is 18.8 Å². The minimum atomic E-state index is -0.369. The molecule has 0 saturated carbocycles. The van der Waals surface area contributed by atoms with Crippen molar-refractivity contribution in [3.8, 4) is 0 Å². The molecular formula is C10H19NO3. The lowest BCUT2D eigenvalue weighted by atomic mass is 10.4. The van der Waals surface area contributed by atoms with Gasteiger partial charge in [-0.1, -0.05) is 13.5 Å². The van der Waals surface area contributed by atoms with E-state index in [9.17, 15) is 4.79 Å². The van der Waals surface area contributed by atoms with Gasteiger partial charge in [-0.2, -0.15) is 0 Å². The van der Waals surface area contributed by atoms with Gasteiger partial charge < -0.3 is 9.47 Å². The third-order valence-corrected chi connectivity index (χ3v) is 1.68. The van der Waals surface area contributed by atoms with Crippen LogP contribution >= 0.6 is 0 Å². The Hall–Kier alpha value is -0.870. The second-order valence-corrected chi connectivity index (χ2v) is 2.97. The van der Waals surface area contributed by atoms with Gasteiger partial charge in [0.1, 0.15) is 12.8 Å². The predicted molar refractivity (Wildman–Crippen MR) is 54.9 cm³/mol. The Bertz CT molecular complexity index is 188. The largest absolute Gasteiger partial charge is 0.460 e. The van der Waals surface area contributed by atoms with Crippen molar-refractivity contribution in [3.63, 3.8) is 0 Å². The highest BCUT2D eigenvalue weighted by Gasteiger charge is 2.04. The fraction of sp³-hybridized carbons (Fsp3) is 0.700. The summed E-state index contributed by atoms with van der Waals surface area (Å²) in [7, 11) is 1.83. The molecule has 0 aromatic carbocycles. The molecule has 0 rings (SSSR count). The number of carbonyl (C=O) groups is 1. The molecule has 1 unspecified atom stereocenters. The molecule has 0 aliphatic heterocycles. The van der Waals surface area contributed by atoms with Gasteiger partial charge in [0.2, 0.25) is 0 Å². The quantitative estimate of drug-likeness (QED) is 0.290. The molecule has 0 aliphatic rings. The molecule has 0 radical (unpaired) electrons. The van der Waals surface area contributed by atoms with Crippen molar-refractivity contribution in [1.82, 2.24) is 5.32 Å². The molecule has 0 bridgehead atoms. The van der Waals surface area contributed by atoms with Gasteiger partial charge in [0.15, 0.2) is 0 Å². The van der Waals surface area contributed by atoms with Gasteiger partial charge in [0.05, 0.1) is 6.61 Å². The molecule has 14 heavy (non-hydrogen) atoms. The number of hydrogen-bond donors (Lipinski definition) is 1. The normalized spacial score (nSPS) is 12.2. The lowest BCUT2D eigenvalue weighted by Crippen LogP contribution is -2.29. The highest BCUT2D eigenvalue weighted by atomic mass is 16.6. The molecule has 82 valence electrons. The molecule has 0 aliphatic carbocycles. The van der Waals surface area contributed by atoms with Crippen LogP contribution in [0.1, 0.15) is 20.3 Å². The van der Waals surface area contributed by atoms with E-state index in [0.717, 1.165) is 6.42 Å². The Labute approximate surface area is 85.3 Å². The number of nitrogens with one attached hydrogen (secondary N) is 1. The van der Waals surface area contributed by atoms with Gasteiger partial charge in [-0.3, -0.25) is 5.32 Å². The first-order chi connectivity index (χ1) is 6.61. The SMILES string of the molecule is C=C(C)C(=O)OCCOC(CC)NC. The summed E-state index contributed by atoms with van der Waals surface area (Å²) < 4.78 is 10.2. The summed E-state index contributed by atoms with van der Waals surface area (Å²) in [6.07, 6.45) is 0.906. The van der Waals surface area contributed by atoms with Crippen LogP contribution in [0.3, 0.4) is 0 Å². The molecule has 1 atom stereocenters. The molecule has 0 fully saturated rings. The first-order valence-corrected chi connectivity index (χ1v) is 4.73. The Morgan fingerprint density at radius 3 is 2.57 bits per heavy atom. The molecule has 1 N–H and O–H groups in total. The van der Waals surface area contributed by atoms with Gasteiger partial charge >= 0.3 is 5.97 Å². The van der Waals surface area contributed by atoms with Crippen LogP contribution in [0.4, 0.5) is 0 Å². The van der Waals surface area contributed by atoms with E-state index >= 15 is 0 Å².